The Kier molecular flexibility index (Phi) is 12.8. The fourth-order valence-electron chi connectivity index (χ4n) is 3.35. The number of allylic oxidation sites excluding steroid dienone is 2. The smallest absolute Gasteiger partial charge is 0.100 e. The van der Waals surface area contributed by atoms with Crippen LogP contribution in [0.25, 0.3) is 0 Å². The Bertz CT molecular complexity index is 347. The molecule has 0 amide bonds. The van der Waals surface area contributed by atoms with Crippen LogP contribution in [-0.2, 0) is 0 Å². The monoisotopic (exact) mass is 335 g/mol. The van der Waals surface area contributed by atoms with E-state index < -0.39 is 0 Å². The first kappa shape index (κ1) is 21.2. The fraction of sp³-hybridized carbons (Fsp3) is 0.857. The molecule has 0 aliphatic carbocycles. The second kappa shape index (κ2) is 14.5. The minimum absolute atomic E-state index is 0.119. The first-order chi connectivity index (χ1) is 11.8. The number of aliphatic imine (C=N–C) groups is 1. The van der Waals surface area contributed by atoms with E-state index in [4.69, 9.17) is 5.73 Å². The summed E-state index contributed by atoms with van der Waals surface area (Å²) in [6.45, 7) is 6.25. The number of hydrogen-bond acceptors (Lipinski definition) is 3. The Balaban J connectivity index is 1.83. The van der Waals surface area contributed by atoms with Gasteiger partial charge in [-0.2, -0.15) is 0 Å². The van der Waals surface area contributed by atoms with Gasteiger partial charge >= 0.3 is 0 Å². The summed E-state index contributed by atoms with van der Waals surface area (Å²) in [5, 5.41) is 0. The largest absolute Gasteiger partial charge is 0.343 e. The van der Waals surface area contributed by atoms with Gasteiger partial charge in [-0.15, -0.1) is 0 Å². The second-order valence-corrected chi connectivity index (χ2v) is 7.21. The SMILES string of the molecule is CCC/C=C/CCCCCCCCCCCC1=NCCN1C(C)N. The van der Waals surface area contributed by atoms with Crippen LogP contribution in [-0.4, -0.2) is 30.0 Å². The lowest BCUT2D eigenvalue weighted by Gasteiger charge is -2.24. The molecule has 0 saturated carbocycles. The maximum Gasteiger partial charge on any atom is 0.100 e. The molecule has 1 heterocycles. The zero-order valence-corrected chi connectivity index (χ0v) is 16.3. The Labute approximate surface area is 150 Å². The summed E-state index contributed by atoms with van der Waals surface area (Å²) in [6.07, 6.45) is 22.2. The van der Waals surface area contributed by atoms with Crippen LogP contribution < -0.4 is 5.73 Å². The summed E-state index contributed by atoms with van der Waals surface area (Å²) in [7, 11) is 0. The van der Waals surface area contributed by atoms with Crippen molar-refractivity contribution in [3.8, 4) is 0 Å². The lowest BCUT2D eigenvalue weighted by Crippen LogP contribution is -2.41. The van der Waals surface area contributed by atoms with E-state index in [9.17, 15) is 0 Å². The topological polar surface area (TPSA) is 41.6 Å². The van der Waals surface area contributed by atoms with Crippen molar-refractivity contribution >= 4 is 5.84 Å². The molecule has 0 aromatic carbocycles. The molecular weight excluding hydrogens is 294 g/mol. The van der Waals surface area contributed by atoms with Gasteiger partial charge < -0.3 is 10.6 Å². The van der Waals surface area contributed by atoms with E-state index in [0.717, 1.165) is 19.5 Å². The van der Waals surface area contributed by atoms with E-state index >= 15 is 0 Å². The van der Waals surface area contributed by atoms with Crippen LogP contribution in [0.15, 0.2) is 17.1 Å². The van der Waals surface area contributed by atoms with E-state index in [2.05, 4.69) is 35.9 Å². The van der Waals surface area contributed by atoms with Crippen LogP contribution in [0.1, 0.15) is 97.3 Å². The Morgan fingerprint density at radius 2 is 1.54 bits per heavy atom. The summed E-state index contributed by atoms with van der Waals surface area (Å²) in [4.78, 5) is 6.86. The summed E-state index contributed by atoms with van der Waals surface area (Å²) >= 11 is 0. The molecular formula is C21H41N3. The van der Waals surface area contributed by atoms with Gasteiger partial charge in [0.1, 0.15) is 5.84 Å². The molecule has 1 rings (SSSR count). The zero-order valence-electron chi connectivity index (χ0n) is 16.3. The van der Waals surface area contributed by atoms with Crippen molar-refractivity contribution in [3.05, 3.63) is 12.2 Å². The molecule has 24 heavy (non-hydrogen) atoms. The first-order valence-electron chi connectivity index (χ1n) is 10.5. The van der Waals surface area contributed by atoms with Gasteiger partial charge in [-0.3, -0.25) is 4.99 Å². The maximum atomic E-state index is 5.98. The van der Waals surface area contributed by atoms with Gasteiger partial charge in [-0.1, -0.05) is 70.4 Å². The Hall–Kier alpha value is -0.830. The summed E-state index contributed by atoms with van der Waals surface area (Å²) in [5.41, 5.74) is 5.98. The van der Waals surface area contributed by atoms with Crippen LogP contribution in [0.4, 0.5) is 0 Å². The minimum Gasteiger partial charge on any atom is -0.343 e. The number of hydrogen-bond donors (Lipinski definition) is 1. The molecule has 0 aromatic rings. The Morgan fingerprint density at radius 3 is 2.17 bits per heavy atom. The fourth-order valence-corrected chi connectivity index (χ4v) is 3.35. The average Bonchev–Trinajstić information content (AvgIpc) is 3.04. The van der Waals surface area contributed by atoms with Crippen molar-refractivity contribution in [3.63, 3.8) is 0 Å². The molecule has 140 valence electrons. The quantitative estimate of drug-likeness (QED) is 0.310. The highest BCUT2D eigenvalue weighted by molar-refractivity contribution is 5.83. The van der Waals surface area contributed by atoms with Crippen molar-refractivity contribution in [2.45, 2.75) is 103 Å². The predicted octanol–water partition coefficient (Wildman–Crippen LogP) is 5.65. The van der Waals surface area contributed by atoms with Gasteiger partial charge in [0.05, 0.1) is 12.7 Å². The first-order valence-corrected chi connectivity index (χ1v) is 10.5. The molecule has 0 saturated heterocycles. The standard InChI is InChI=1S/C21H41N3/c1-3-4-5-6-7-8-9-10-11-12-13-14-15-16-17-21-23-18-19-24(21)20(2)22/h5-6,20H,3-4,7-19,22H2,1-2H3/b6-5+. The van der Waals surface area contributed by atoms with Gasteiger partial charge in [0.2, 0.25) is 0 Å². The molecule has 0 radical (unpaired) electrons. The average molecular weight is 336 g/mol. The van der Waals surface area contributed by atoms with E-state index in [0.29, 0.717) is 0 Å². The molecule has 1 unspecified atom stereocenters. The van der Waals surface area contributed by atoms with Crippen LogP contribution in [0, 0.1) is 0 Å². The van der Waals surface area contributed by atoms with Crippen molar-refractivity contribution in [1.29, 1.82) is 0 Å². The van der Waals surface area contributed by atoms with Crippen LogP contribution in [0.2, 0.25) is 0 Å². The molecule has 0 aromatic heterocycles. The highest BCUT2D eigenvalue weighted by Gasteiger charge is 2.18. The predicted molar refractivity (Wildman–Crippen MR) is 107 cm³/mol. The van der Waals surface area contributed by atoms with E-state index in [-0.39, 0.29) is 6.17 Å². The van der Waals surface area contributed by atoms with Gasteiger partial charge in [-0.05, 0) is 32.6 Å². The molecule has 1 aliphatic heterocycles. The second-order valence-electron chi connectivity index (χ2n) is 7.21. The molecule has 1 aliphatic rings. The van der Waals surface area contributed by atoms with E-state index in [1.165, 1.54) is 82.9 Å². The van der Waals surface area contributed by atoms with Crippen molar-refractivity contribution in [2.75, 3.05) is 13.1 Å². The molecule has 0 fully saturated rings. The maximum absolute atomic E-state index is 5.98. The van der Waals surface area contributed by atoms with E-state index in [1.807, 2.05) is 0 Å². The number of amidine groups is 1. The number of rotatable bonds is 15. The third-order valence-electron chi connectivity index (χ3n) is 4.85. The highest BCUT2D eigenvalue weighted by atomic mass is 15.3. The van der Waals surface area contributed by atoms with Crippen LogP contribution >= 0.6 is 0 Å². The minimum atomic E-state index is 0.119. The third-order valence-corrected chi connectivity index (χ3v) is 4.85. The van der Waals surface area contributed by atoms with Gasteiger partial charge in [-0.25, -0.2) is 0 Å². The summed E-state index contributed by atoms with van der Waals surface area (Å²) in [6, 6.07) is 0. The number of nitrogens with zero attached hydrogens (tertiary/aromatic N) is 2. The molecule has 2 N–H and O–H groups in total. The van der Waals surface area contributed by atoms with Crippen molar-refractivity contribution in [2.24, 2.45) is 10.7 Å². The van der Waals surface area contributed by atoms with Crippen LogP contribution in [0.3, 0.4) is 0 Å². The molecule has 0 bridgehead atoms. The van der Waals surface area contributed by atoms with E-state index in [1.54, 1.807) is 0 Å². The molecule has 3 nitrogen and oxygen atoms in total. The lowest BCUT2D eigenvalue weighted by molar-refractivity contribution is 0.358. The summed E-state index contributed by atoms with van der Waals surface area (Å²) in [5.74, 6) is 1.25. The number of nitrogens with two attached hydrogens (primary N) is 1. The third kappa shape index (κ3) is 10.1. The zero-order chi connectivity index (χ0) is 17.5. The highest BCUT2D eigenvalue weighted by Crippen LogP contribution is 2.14. The van der Waals surface area contributed by atoms with Gasteiger partial charge in [0, 0.05) is 13.0 Å². The normalized spacial score (nSPS) is 16.1. The molecule has 0 spiro atoms. The van der Waals surface area contributed by atoms with Crippen molar-refractivity contribution in [1.82, 2.24) is 4.90 Å². The van der Waals surface area contributed by atoms with Gasteiger partial charge in [0.25, 0.3) is 0 Å². The lowest BCUT2D eigenvalue weighted by atomic mass is 10.1. The van der Waals surface area contributed by atoms with Gasteiger partial charge in [0.15, 0.2) is 0 Å². The molecule has 3 heteroatoms. The van der Waals surface area contributed by atoms with Crippen molar-refractivity contribution < 1.29 is 0 Å². The molecule has 1 atom stereocenters. The Morgan fingerprint density at radius 1 is 0.958 bits per heavy atom. The number of unbranched alkanes of at least 4 members (excludes halogenated alkanes) is 10. The summed E-state index contributed by atoms with van der Waals surface area (Å²) < 4.78 is 0. The van der Waals surface area contributed by atoms with Crippen LogP contribution in [0.5, 0.6) is 0 Å².